The molecular formula is C16H16ClN3O6. The number of nitro benzene ring substituents is 1. The Bertz CT molecular complexity index is 848. The molecule has 1 heterocycles. The summed E-state index contributed by atoms with van der Waals surface area (Å²) < 4.78 is 10.1. The SMILES string of the molecule is Cc1cc(NC(=O)[C@H](OC(=O)c2cc(Cl)ccc2[N+](=O)[O-])C(C)C)no1. The standard InChI is InChI=1S/C16H16ClN3O6/c1-8(2)14(15(21)18-13-6-9(3)26-19-13)25-16(22)11-7-10(17)4-5-12(11)20(23)24/h4-8,14H,1-3H3,(H,18,19,21)/t14-/m1/s1. The van der Waals surface area contributed by atoms with Gasteiger partial charge in [-0.2, -0.15) is 0 Å². The monoisotopic (exact) mass is 381 g/mol. The van der Waals surface area contributed by atoms with Crippen molar-refractivity contribution in [1.29, 1.82) is 0 Å². The Kier molecular flexibility index (Phi) is 5.93. The number of hydrogen-bond donors (Lipinski definition) is 1. The lowest BCUT2D eigenvalue weighted by Gasteiger charge is -2.20. The summed E-state index contributed by atoms with van der Waals surface area (Å²) in [6.07, 6.45) is -1.20. The van der Waals surface area contributed by atoms with Crippen LogP contribution in [-0.4, -0.2) is 28.1 Å². The highest BCUT2D eigenvalue weighted by atomic mass is 35.5. The molecule has 2 aromatic rings. The molecule has 0 aliphatic rings. The molecule has 0 bridgehead atoms. The van der Waals surface area contributed by atoms with E-state index in [1.165, 1.54) is 12.1 Å². The van der Waals surface area contributed by atoms with Crippen LogP contribution in [-0.2, 0) is 9.53 Å². The Morgan fingerprint density at radius 2 is 2.04 bits per heavy atom. The molecule has 2 rings (SSSR count). The number of benzene rings is 1. The summed E-state index contributed by atoms with van der Waals surface area (Å²) >= 11 is 5.81. The second-order valence-corrected chi connectivity index (χ2v) is 6.24. The molecule has 9 nitrogen and oxygen atoms in total. The largest absolute Gasteiger partial charge is 0.448 e. The third kappa shape index (κ3) is 4.57. The molecule has 0 fully saturated rings. The van der Waals surface area contributed by atoms with Crippen molar-refractivity contribution in [2.24, 2.45) is 5.92 Å². The normalized spacial score (nSPS) is 11.9. The first-order valence-corrected chi connectivity index (χ1v) is 7.96. The molecule has 0 unspecified atom stereocenters. The Hall–Kier alpha value is -2.94. The maximum absolute atomic E-state index is 12.4. The van der Waals surface area contributed by atoms with Crippen LogP contribution in [0.15, 0.2) is 28.8 Å². The zero-order valence-corrected chi connectivity index (χ0v) is 14.9. The third-order valence-electron chi connectivity index (χ3n) is 3.35. The first kappa shape index (κ1) is 19.4. The van der Waals surface area contributed by atoms with Crippen LogP contribution < -0.4 is 5.32 Å². The molecule has 1 N–H and O–H groups in total. The van der Waals surface area contributed by atoms with Crippen molar-refractivity contribution >= 4 is 35.0 Å². The summed E-state index contributed by atoms with van der Waals surface area (Å²) in [4.78, 5) is 35.1. The van der Waals surface area contributed by atoms with Crippen LogP contribution in [0.5, 0.6) is 0 Å². The Balaban J connectivity index is 2.22. The molecule has 1 aromatic heterocycles. The van der Waals surface area contributed by atoms with Gasteiger partial charge in [0.2, 0.25) is 0 Å². The zero-order chi connectivity index (χ0) is 19.4. The van der Waals surface area contributed by atoms with Gasteiger partial charge >= 0.3 is 5.97 Å². The van der Waals surface area contributed by atoms with E-state index in [0.29, 0.717) is 5.76 Å². The van der Waals surface area contributed by atoms with Crippen LogP contribution >= 0.6 is 11.6 Å². The zero-order valence-electron chi connectivity index (χ0n) is 14.2. The van der Waals surface area contributed by atoms with Crippen molar-refractivity contribution in [1.82, 2.24) is 5.16 Å². The highest BCUT2D eigenvalue weighted by Crippen LogP contribution is 2.25. The van der Waals surface area contributed by atoms with Crippen LogP contribution in [0.2, 0.25) is 5.02 Å². The quantitative estimate of drug-likeness (QED) is 0.462. The molecule has 0 aliphatic heterocycles. The first-order chi connectivity index (χ1) is 12.2. The number of ether oxygens (including phenoxy) is 1. The Morgan fingerprint density at radius 3 is 2.58 bits per heavy atom. The summed E-state index contributed by atoms with van der Waals surface area (Å²) in [6, 6.07) is 5.01. The van der Waals surface area contributed by atoms with Gasteiger partial charge in [-0.3, -0.25) is 14.9 Å². The number of nitro groups is 1. The van der Waals surface area contributed by atoms with Crippen molar-refractivity contribution in [3.63, 3.8) is 0 Å². The molecule has 1 atom stereocenters. The molecule has 138 valence electrons. The number of carbonyl (C=O) groups excluding carboxylic acids is 2. The highest BCUT2D eigenvalue weighted by Gasteiger charge is 2.30. The number of aromatic nitrogens is 1. The van der Waals surface area contributed by atoms with Gasteiger partial charge < -0.3 is 14.6 Å². The summed E-state index contributed by atoms with van der Waals surface area (Å²) in [6.45, 7) is 4.98. The van der Waals surface area contributed by atoms with Gasteiger partial charge in [-0.1, -0.05) is 30.6 Å². The lowest BCUT2D eigenvalue weighted by Crippen LogP contribution is -2.36. The number of anilines is 1. The van der Waals surface area contributed by atoms with Crippen molar-refractivity contribution in [2.45, 2.75) is 26.9 Å². The van der Waals surface area contributed by atoms with Crippen LogP contribution in [0.4, 0.5) is 11.5 Å². The van der Waals surface area contributed by atoms with E-state index >= 15 is 0 Å². The van der Waals surface area contributed by atoms with Crippen LogP contribution in [0.3, 0.4) is 0 Å². The van der Waals surface area contributed by atoms with E-state index in [1.54, 1.807) is 20.8 Å². The van der Waals surface area contributed by atoms with Crippen LogP contribution in [0.25, 0.3) is 0 Å². The molecular weight excluding hydrogens is 366 g/mol. The van der Waals surface area contributed by atoms with Gasteiger partial charge in [-0.25, -0.2) is 4.79 Å². The number of nitrogens with one attached hydrogen (secondary N) is 1. The van der Waals surface area contributed by atoms with E-state index in [0.717, 1.165) is 12.1 Å². The number of carbonyl (C=O) groups is 2. The molecule has 0 radical (unpaired) electrons. The molecule has 0 aliphatic carbocycles. The second kappa shape index (κ2) is 7.96. The fourth-order valence-electron chi connectivity index (χ4n) is 2.12. The topological polar surface area (TPSA) is 125 Å². The van der Waals surface area contributed by atoms with Gasteiger partial charge in [0.15, 0.2) is 11.9 Å². The lowest BCUT2D eigenvalue weighted by atomic mass is 10.1. The number of nitrogens with zero attached hydrogens (tertiary/aromatic N) is 2. The second-order valence-electron chi connectivity index (χ2n) is 5.80. The fraction of sp³-hybridized carbons (Fsp3) is 0.312. The van der Waals surface area contributed by atoms with Gasteiger partial charge in [0.25, 0.3) is 11.6 Å². The van der Waals surface area contributed by atoms with E-state index in [1.807, 2.05) is 0 Å². The lowest BCUT2D eigenvalue weighted by molar-refractivity contribution is -0.385. The predicted octanol–water partition coefficient (Wildman–Crippen LogP) is 3.36. The van der Waals surface area contributed by atoms with Crippen LogP contribution in [0.1, 0.15) is 30.0 Å². The average molecular weight is 382 g/mol. The van der Waals surface area contributed by atoms with Crippen LogP contribution in [0, 0.1) is 23.0 Å². The maximum atomic E-state index is 12.4. The van der Waals surface area contributed by atoms with Gasteiger partial charge in [-0.15, -0.1) is 0 Å². The highest BCUT2D eigenvalue weighted by molar-refractivity contribution is 6.31. The fourth-order valence-corrected chi connectivity index (χ4v) is 2.30. The van der Waals surface area contributed by atoms with Crippen molar-refractivity contribution in [3.8, 4) is 0 Å². The summed E-state index contributed by atoms with van der Waals surface area (Å²) in [7, 11) is 0. The minimum absolute atomic E-state index is 0.131. The predicted molar refractivity (Wildman–Crippen MR) is 92.0 cm³/mol. The molecule has 0 saturated carbocycles. The van der Waals surface area contributed by atoms with Gasteiger partial charge in [0.1, 0.15) is 11.3 Å². The number of aryl methyl sites for hydroxylation is 1. The average Bonchev–Trinajstić information content (AvgIpc) is 2.96. The Labute approximate surface area is 153 Å². The smallest absolute Gasteiger partial charge is 0.346 e. The molecule has 26 heavy (non-hydrogen) atoms. The van der Waals surface area contributed by atoms with Gasteiger partial charge in [0.05, 0.1) is 4.92 Å². The first-order valence-electron chi connectivity index (χ1n) is 7.58. The van der Waals surface area contributed by atoms with E-state index < -0.39 is 34.5 Å². The summed E-state index contributed by atoms with van der Waals surface area (Å²) in [5, 5.41) is 17.3. The van der Waals surface area contributed by atoms with Gasteiger partial charge in [-0.05, 0) is 25.0 Å². The number of halogens is 1. The number of hydrogen-bond acceptors (Lipinski definition) is 7. The molecule has 10 heteroatoms. The summed E-state index contributed by atoms with van der Waals surface area (Å²) in [5.74, 6) is -1.39. The minimum Gasteiger partial charge on any atom is -0.448 e. The van der Waals surface area contributed by atoms with E-state index in [2.05, 4.69) is 10.5 Å². The summed E-state index contributed by atoms with van der Waals surface area (Å²) in [5.41, 5.74) is -0.798. The van der Waals surface area contributed by atoms with Gasteiger partial charge in [0, 0.05) is 17.2 Å². The van der Waals surface area contributed by atoms with Crippen molar-refractivity contribution < 1.29 is 23.8 Å². The maximum Gasteiger partial charge on any atom is 0.346 e. The Morgan fingerprint density at radius 1 is 1.35 bits per heavy atom. The van der Waals surface area contributed by atoms with E-state index in [-0.39, 0.29) is 16.4 Å². The number of esters is 1. The van der Waals surface area contributed by atoms with Crippen molar-refractivity contribution in [3.05, 3.63) is 50.7 Å². The molecule has 0 saturated heterocycles. The third-order valence-corrected chi connectivity index (χ3v) is 3.59. The molecule has 1 aromatic carbocycles. The molecule has 0 spiro atoms. The molecule has 1 amide bonds. The van der Waals surface area contributed by atoms with E-state index in [4.69, 9.17) is 20.9 Å². The number of rotatable bonds is 6. The van der Waals surface area contributed by atoms with Crippen molar-refractivity contribution in [2.75, 3.05) is 5.32 Å². The minimum atomic E-state index is -1.20. The van der Waals surface area contributed by atoms with E-state index in [9.17, 15) is 19.7 Å². The number of amides is 1.